The first-order chi connectivity index (χ1) is 8.97. The summed E-state index contributed by atoms with van der Waals surface area (Å²) in [7, 11) is 0. The van der Waals surface area contributed by atoms with E-state index >= 15 is 0 Å². The van der Waals surface area contributed by atoms with Crippen molar-refractivity contribution in [1.29, 1.82) is 0 Å². The highest BCUT2D eigenvalue weighted by Crippen LogP contribution is 2.33. The molecule has 0 aromatic heterocycles. The minimum absolute atomic E-state index is 0.0255. The summed E-state index contributed by atoms with van der Waals surface area (Å²) >= 11 is 5.71. The van der Waals surface area contributed by atoms with E-state index in [1.54, 1.807) is 6.07 Å². The first-order valence-corrected chi connectivity index (χ1v) is 5.61. The van der Waals surface area contributed by atoms with Gasteiger partial charge in [0.1, 0.15) is 17.2 Å². The van der Waals surface area contributed by atoms with Gasteiger partial charge in [0.05, 0.1) is 4.92 Å². The maximum atomic E-state index is 13.2. The van der Waals surface area contributed by atoms with Crippen molar-refractivity contribution in [3.63, 3.8) is 0 Å². The van der Waals surface area contributed by atoms with Crippen molar-refractivity contribution in [2.75, 3.05) is 11.1 Å². The molecule has 0 atom stereocenters. The van der Waals surface area contributed by atoms with Gasteiger partial charge in [-0.2, -0.15) is 0 Å². The van der Waals surface area contributed by atoms with Crippen LogP contribution >= 0.6 is 11.6 Å². The molecule has 98 valence electrons. The van der Waals surface area contributed by atoms with Crippen molar-refractivity contribution in [2.24, 2.45) is 0 Å². The van der Waals surface area contributed by atoms with E-state index in [9.17, 15) is 14.5 Å². The Morgan fingerprint density at radius 2 is 2.05 bits per heavy atom. The van der Waals surface area contributed by atoms with Gasteiger partial charge in [-0.1, -0.05) is 17.7 Å². The number of halogens is 2. The number of rotatable bonds is 3. The van der Waals surface area contributed by atoms with Crippen molar-refractivity contribution < 1.29 is 9.31 Å². The zero-order valence-electron chi connectivity index (χ0n) is 9.56. The molecule has 0 radical (unpaired) electrons. The van der Waals surface area contributed by atoms with E-state index in [-0.39, 0.29) is 22.1 Å². The second kappa shape index (κ2) is 5.11. The molecule has 2 aromatic rings. The Labute approximate surface area is 113 Å². The molecule has 19 heavy (non-hydrogen) atoms. The molecule has 2 aromatic carbocycles. The predicted octanol–water partition coefficient (Wildman–Crippen LogP) is 3.71. The summed E-state index contributed by atoms with van der Waals surface area (Å²) in [5.74, 6) is -0.540. The highest BCUT2D eigenvalue weighted by molar-refractivity contribution is 6.30. The van der Waals surface area contributed by atoms with Crippen LogP contribution in [-0.2, 0) is 0 Å². The average Bonchev–Trinajstić information content (AvgIpc) is 2.26. The number of para-hydroxylation sites is 1. The number of hydrogen-bond donors (Lipinski definition) is 2. The zero-order valence-corrected chi connectivity index (χ0v) is 10.3. The molecule has 7 heteroatoms. The van der Waals surface area contributed by atoms with Gasteiger partial charge in [0.2, 0.25) is 0 Å². The third kappa shape index (κ3) is 2.92. The molecule has 5 nitrogen and oxygen atoms in total. The number of nitro benzene ring substituents is 1. The summed E-state index contributed by atoms with van der Waals surface area (Å²) in [6.45, 7) is 0. The molecule has 0 spiro atoms. The van der Waals surface area contributed by atoms with Gasteiger partial charge in [-0.05, 0) is 30.3 Å². The number of benzene rings is 2. The maximum absolute atomic E-state index is 13.2. The Balaban J connectivity index is 2.43. The van der Waals surface area contributed by atoms with E-state index in [2.05, 4.69) is 5.32 Å². The molecule has 3 N–H and O–H groups in total. The lowest BCUT2D eigenvalue weighted by atomic mass is 10.2. The van der Waals surface area contributed by atoms with Gasteiger partial charge in [0.25, 0.3) is 0 Å². The topological polar surface area (TPSA) is 81.2 Å². The Morgan fingerprint density at radius 3 is 2.68 bits per heavy atom. The van der Waals surface area contributed by atoms with Crippen molar-refractivity contribution in [3.8, 4) is 0 Å². The molecule has 0 bridgehead atoms. The highest BCUT2D eigenvalue weighted by Gasteiger charge is 2.17. The molecule has 0 aliphatic carbocycles. The van der Waals surface area contributed by atoms with Crippen LogP contribution in [0.3, 0.4) is 0 Å². The van der Waals surface area contributed by atoms with Crippen LogP contribution in [-0.4, -0.2) is 4.92 Å². The largest absolute Gasteiger partial charge is 0.393 e. The molecule has 0 fully saturated rings. The Kier molecular flexibility index (Phi) is 3.52. The first-order valence-electron chi connectivity index (χ1n) is 5.23. The lowest BCUT2D eigenvalue weighted by Gasteiger charge is -2.09. The third-order valence-corrected chi connectivity index (χ3v) is 2.61. The Bertz CT molecular complexity index is 629. The van der Waals surface area contributed by atoms with Crippen LogP contribution < -0.4 is 11.1 Å². The van der Waals surface area contributed by atoms with E-state index in [4.69, 9.17) is 17.3 Å². The lowest BCUT2D eigenvalue weighted by molar-refractivity contribution is -0.383. The molecule has 0 amide bonds. The third-order valence-electron chi connectivity index (χ3n) is 2.39. The Hall–Kier alpha value is -2.34. The van der Waals surface area contributed by atoms with Crippen LogP contribution in [0.15, 0.2) is 36.4 Å². The minimum Gasteiger partial charge on any atom is -0.393 e. The van der Waals surface area contributed by atoms with Crippen molar-refractivity contribution in [3.05, 3.63) is 57.4 Å². The van der Waals surface area contributed by atoms with Gasteiger partial charge in [0.15, 0.2) is 0 Å². The van der Waals surface area contributed by atoms with Crippen LogP contribution in [0.2, 0.25) is 5.02 Å². The molecule has 0 unspecified atom stereocenters. The smallest absolute Gasteiger partial charge is 0.315 e. The fraction of sp³-hybridized carbons (Fsp3) is 0. The lowest BCUT2D eigenvalue weighted by Crippen LogP contribution is -2.01. The van der Waals surface area contributed by atoms with Crippen molar-refractivity contribution in [1.82, 2.24) is 0 Å². The number of nitrogens with zero attached hydrogens (tertiary/aromatic N) is 1. The van der Waals surface area contributed by atoms with E-state index in [1.807, 2.05) is 0 Å². The number of anilines is 3. The van der Waals surface area contributed by atoms with Crippen molar-refractivity contribution in [2.45, 2.75) is 0 Å². The molecule has 0 heterocycles. The fourth-order valence-corrected chi connectivity index (χ4v) is 1.87. The summed E-state index contributed by atoms with van der Waals surface area (Å²) in [4.78, 5) is 10.4. The number of nitrogens with one attached hydrogen (secondary N) is 1. The Morgan fingerprint density at radius 1 is 1.32 bits per heavy atom. The normalized spacial score (nSPS) is 10.2. The standard InChI is InChI=1S/C12H9ClFN3O2/c13-7-4-8(14)6-9(5-7)16-11-3-1-2-10(15)12(11)17(18)19/h1-6,16H,15H2. The van der Waals surface area contributed by atoms with Gasteiger partial charge in [-0.15, -0.1) is 0 Å². The fourth-order valence-electron chi connectivity index (χ4n) is 1.65. The van der Waals surface area contributed by atoms with Gasteiger partial charge in [-0.3, -0.25) is 10.1 Å². The zero-order chi connectivity index (χ0) is 14.0. The molecular formula is C12H9ClFN3O2. The number of nitrogens with two attached hydrogens (primary N) is 1. The monoisotopic (exact) mass is 281 g/mol. The van der Waals surface area contributed by atoms with E-state index < -0.39 is 10.7 Å². The summed E-state index contributed by atoms with van der Waals surface area (Å²) in [6, 6.07) is 8.23. The molecule has 0 saturated heterocycles. The van der Waals surface area contributed by atoms with Crippen LogP contribution in [0.5, 0.6) is 0 Å². The second-order valence-electron chi connectivity index (χ2n) is 3.78. The quantitative estimate of drug-likeness (QED) is 0.510. The second-order valence-corrected chi connectivity index (χ2v) is 4.22. The average molecular weight is 282 g/mol. The van der Waals surface area contributed by atoms with Crippen molar-refractivity contribution >= 4 is 34.4 Å². The molecule has 0 aliphatic heterocycles. The molecule has 0 aliphatic rings. The van der Waals surface area contributed by atoms with Crippen LogP contribution in [0.1, 0.15) is 0 Å². The van der Waals surface area contributed by atoms with Crippen LogP contribution in [0.25, 0.3) is 0 Å². The summed E-state index contributed by atoms with van der Waals surface area (Å²) in [5, 5.41) is 13.9. The number of hydrogen-bond acceptors (Lipinski definition) is 4. The van der Waals surface area contributed by atoms with Crippen LogP contribution in [0, 0.1) is 15.9 Å². The summed E-state index contributed by atoms with van der Waals surface area (Å²) in [5.41, 5.74) is 5.80. The van der Waals surface area contributed by atoms with Gasteiger partial charge >= 0.3 is 5.69 Å². The van der Waals surface area contributed by atoms with Gasteiger partial charge in [-0.25, -0.2) is 4.39 Å². The summed E-state index contributed by atoms with van der Waals surface area (Å²) in [6.07, 6.45) is 0. The van der Waals surface area contributed by atoms with E-state index in [1.165, 1.54) is 24.3 Å². The van der Waals surface area contributed by atoms with Gasteiger partial charge < -0.3 is 11.1 Å². The molecular weight excluding hydrogens is 273 g/mol. The van der Waals surface area contributed by atoms with Gasteiger partial charge in [0, 0.05) is 10.7 Å². The maximum Gasteiger partial charge on any atom is 0.315 e. The minimum atomic E-state index is -0.599. The van der Waals surface area contributed by atoms with E-state index in [0.29, 0.717) is 5.69 Å². The summed E-state index contributed by atoms with van der Waals surface area (Å²) < 4.78 is 13.2. The van der Waals surface area contributed by atoms with Crippen LogP contribution in [0.4, 0.5) is 27.1 Å². The molecule has 0 saturated carbocycles. The SMILES string of the molecule is Nc1cccc(Nc2cc(F)cc(Cl)c2)c1[N+](=O)[O-]. The molecule has 2 rings (SSSR count). The predicted molar refractivity (Wildman–Crippen MR) is 72.2 cm³/mol. The van der Waals surface area contributed by atoms with E-state index in [0.717, 1.165) is 6.07 Å². The first kappa shape index (κ1) is 13.1. The number of nitro groups is 1. The number of nitrogen functional groups attached to an aromatic ring is 1. The highest BCUT2D eigenvalue weighted by atomic mass is 35.5.